The first kappa shape index (κ1) is 37.7. The van der Waals surface area contributed by atoms with Crippen molar-refractivity contribution in [3.05, 3.63) is 58.1 Å². The Morgan fingerprint density at radius 2 is 1.73 bits per heavy atom. The summed E-state index contributed by atoms with van der Waals surface area (Å²) in [7, 11) is 0. The SMILES string of the molecule is C#Cc1cc(C[C@@H](OCCCC2CCC(N3CCc4ccccc4NC3=O)CC2)C(=O)CCC2CCCC(N3CCNCC3)CC2)cc(Cl)c1N. The highest BCUT2D eigenvalue weighted by molar-refractivity contribution is 6.33. The number of nitrogens with zero attached hydrogens (tertiary/aromatic N) is 2. The van der Waals surface area contributed by atoms with Crippen molar-refractivity contribution in [3.8, 4) is 12.3 Å². The van der Waals surface area contributed by atoms with E-state index in [-0.39, 0.29) is 17.9 Å². The predicted octanol–water partition coefficient (Wildman–Crippen LogP) is 7.46. The molecule has 2 amide bonds. The molecule has 0 aromatic heterocycles. The molecule has 2 heterocycles. The fourth-order valence-electron chi connectivity index (χ4n) is 9.04. The minimum absolute atomic E-state index is 0.0303. The summed E-state index contributed by atoms with van der Waals surface area (Å²) in [5.74, 6) is 4.01. The molecule has 2 aliphatic carbocycles. The van der Waals surface area contributed by atoms with Crippen LogP contribution in [0, 0.1) is 24.2 Å². The van der Waals surface area contributed by atoms with Gasteiger partial charge < -0.3 is 26.0 Å². The van der Waals surface area contributed by atoms with E-state index in [4.69, 9.17) is 28.5 Å². The average Bonchev–Trinajstić information content (AvgIpc) is 3.50. The molecule has 2 unspecified atom stereocenters. The Morgan fingerprint density at radius 3 is 2.51 bits per heavy atom. The number of rotatable bonds is 13. The molecule has 2 saturated carbocycles. The van der Waals surface area contributed by atoms with Gasteiger partial charge in [0.15, 0.2) is 5.78 Å². The fraction of sp³-hybridized carbons (Fsp3) is 0.619. The lowest BCUT2D eigenvalue weighted by Gasteiger charge is -2.36. The number of benzene rings is 2. The first-order valence-electron chi connectivity index (χ1n) is 19.7. The Bertz CT molecular complexity index is 1510. The second-order valence-corrected chi connectivity index (χ2v) is 15.8. The van der Waals surface area contributed by atoms with Gasteiger partial charge in [-0.3, -0.25) is 9.69 Å². The van der Waals surface area contributed by atoms with E-state index in [1.807, 2.05) is 30.3 Å². The van der Waals surface area contributed by atoms with Crippen LogP contribution in [0.15, 0.2) is 36.4 Å². The number of nitrogens with one attached hydrogen (secondary N) is 2. The van der Waals surface area contributed by atoms with Gasteiger partial charge in [-0.15, -0.1) is 6.42 Å². The molecule has 0 bridgehead atoms. The third kappa shape index (κ3) is 10.3. The van der Waals surface area contributed by atoms with Crippen molar-refractivity contribution < 1.29 is 14.3 Å². The van der Waals surface area contributed by atoms with Crippen LogP contribution in [-0.4, -0.2) is 79.1 Å². The number of hydrogen-bond donors (Lipinski definition) is 3. The predicted molar refractivity (Wildman–Crippen MR) is 207 cm³/mol. The van der Waals surface area contributed by atoms with Gasteiger partial charge in [0.25, 0.3) is 0 Å². The van der Waals surface area contributed by atoms with Gasteiger partial charge in [-0.25, -0.2) is 4.79 Å². The number of urea groups is 1. The van der Waals surface area contributed by atoms with E-state index in [0.717, 1.165) is 95.3 Å². The van der Waals surface area contributed by atoms with E-state index in [9.17, 15) is 9.59 Å². The quantitative estimate of drug-likeness (QED) is 0.0862. The highest BCUT2D eigenvalue weighted by Gasteiger charge is 2.31. The summed E-state index contributed by atoms with van der Waals surface area (Å²) in [6.07, 6.45) is 20.4. The lowest BCUT2D eigenvalue weighted by molar-refractivity contribution is -0.131. The molecule has 1 saturated heterocycles. The largest absolute Gasteiger partial charge is 0.397 e. The molecule has 2 aliphatic heterocycles. The molecule has 8 nitrogen and oxygen atoms in total. The Morgan fingerprint density at radius 1 is 0.980 bits per heavy atom. The highest BCUT2D eigenvalue weighted by Crippen LogP contribution is 2.33. The molecule has 3 atom stereocenters. The monoisotopic (exact) mass is 715 g/mol. The highest BCUT2D eigenvalue weighted by atomic mass is 35.5. The van der Waals surface area contributed by atoms with Crippen LogP contribution in [0.1, 0.15) is 100 Å². The Balaban J connectivity index is 0.980. The summed E-state index contributed by atoms with van der Waals surface area (Å²) in [5.41, 5.74) is 10.1. The van der Waals surface area contributed by atoms with Crippen LogP contribution in [0.2, 0.25) is 5.02 Å². The number of fused-ring (bicyclic) bond motifs is 1. The molecule has 2 aromatic carbocycles. The first-order chi connectivity index (χ1) is 24.9. The molecule has 6 rings (SSSR count). The molecular formula is C42H58ClN5O3. The van der Waals surface area contributed by atoms with E-state index in [1.54, 1.807) is 0 Å². The maximum Gasteiger partial charge on any atom is 0.322 e. The number of nitrogens with two attached hydrogens (primary N) is 1. The molecule has 51 heavy (non-hydrogen) atoms. The second-order valence-electron chi connectivity index (χ2n) is 15.4. The van der Waals surface area contributed by atoms with Gasteiger partial charge in [-0.1, -0.05) is 48.6 Å². The first-order valence-corrected chi connectivity index (χ1v) is 20.0. The van der Waals surface area contributed by atoms with Crippen molar-refractivity contribution in [1.29, 1.82) is 0 Å². The topological polar surface area (TPSA) is 99.9 Å². The Kier molecular flexibility index (Phi) is 13.7. The minimum atomic E-state index is -0.531. The van der Waals surface area contributed by atoms with Gasteiger partial charge in [0, 0.05) is 75.5 Å². The summed E-state index contributed by atoms with van der Waals surface area (Å²) < 4.78 is 6.43. The summed E-state index contributed by atoms with van der Waals surface area (Å²) in [6, 6.07) is 12.8. The van der Waals surface area contributed by atoms with Crippen LogP contribution < -0.4 is 16.4 Å². The smallest absolute Gasteiger partial charge is 0.322 e. The van der Waals surface area contributed by atoms with Crippen molar-refractivity contribution in [2.24, 2.45) is 11.8 Å². The van der Waals surface area contributed by atoms with Gasteiger partial charge >= 0.3 is 6.03 Å². The normalized spacial score (nSPS) is 25.2. The summed E-state index contributed by atoms with van der Waals surface area (Å²) in [4.78, 5) is 31.6. The van der Waals surface area contributed by atoms with Gasteiger partial charge in [-0.2, -0.15) is 0 Å². The fourth-order valence-corrected chi connectivity index (χ4v) is 9.28. The second kappa shape index (κ2) is 18.6. The van der Waals surface area contributed by atoms with E-state index in [1.165, 1.54) is 37.7 Å². The zero-order valence-corrected chi connectivity index (χ0v) is 31.1. The molecule has 0 spiro atoms. The average molecular weight is 716 g/mol. The number of carbonyl (C=O) groups excluding carboxylic acids is 2. The minimum Gasteiger partial charge on any atom is -0.397 e. The molecule has 276 valence electrons. The molecule has 4 aliphatic rings. The third-order valence-corrected chi connectivity index (χ3v) is 12.4. The van der Waals surface area contributed by atoms with Gasteiger partial charge in [0.2, 0.25) is 0 Å². The number of anilines is 2. The Labute approximate surface area is 310 Å². The maximum absolute atomic E-state index is 13.8. The van der Waals surface area contributed by atoms with Gasteiger partial charge in [0.1, 0.15) is 6.10 Å². The van der Waals surface area contributed by atoms with Crippen molar-refractivity contribution >= 4 is 34.8 Å². The molecular weight excluding hydrogens is 658 g/mol. The van der Waals surface area contributed by atoms with Crippen molar-refractivity contribution in [3.63, 3.8) is 0 Å². The van der Waals surface area contributed by atoms with Crippen LogP contribution >= 0.6 is 11.6 Å². The number of ketones is 1. The van der Waals surface area contributed by atoms with Gasteiger partial charge in [0.05, 0.1) is 10.7 Å². The maximum atomic E-state index is 13.8. The number of Topliss-reactive ketones (excluding diaryl/α,β-unsaturated/α-hetero) is 1. The molecule has 2 aromatic rings. The summed E-state index contributed by atoms with van der Waals surface area (Å²) in [5, 5.41) is 7.03. The van der Waals surface area contributed by atoms with Crippen molar-refractivity contribution in [2.75, 3.05) is 50.4 Å². The van der Waals surface area contributed by atoms with Gasteiger partial charge in [-0.05, 0) is 112 Å². The number of carbonyl (C=O) groups is 2. The number of halogens is 1. The van der Waals surface area contributed by atoms with Crippen molar-refractivity contribution in [1.82, 2.24) is 15.1 Å². The molecule has 9 heteroatoms. The number of terminal acetylenes is 1. The number of ether oxygens (including phenoxy) is 1. The lowest BCUT2D eigenvalue weighted by Crippen LogP contribution is -2.48. The van der Waals surface area contributed by atoms with Crippen LogP contribution in [0.4, 0.5) is 16.2 Å². The zero-order valence-electron chi connectivity index (χ0n) is 30.4. The van der Waals surface area contributed by atoms with E-state index in [0.29, 0.717) is 53.6 Å². The number of hydrogen-bond acceptors (Lipinski definition) is 6. The molecule has 4 N–H and O–H groups in total. The Hall–Kier alpha value is -3.09. The molecule has 0 radical (unpaired) electrons. The lowest BCUT2D eigenvalue weighted by atomic mass is 9.83. The summed E-state index contributed by atoms with van der Waals surface area (Å²) >= 11 is 6.44. The van der Waals surface area contributed by atoms with E-state index >= 15 is 0 Å². The number of piperazine rings is 1. The number of amides is 2. The van der Waals surface area contributed by atoms with Crippen LogP contribution in [0.5, 0.6) is 0 Å². The van der Waals surface area contributed by atoms with Crippen LogP contribution in [-0.2, 0) is 22.4 Å². The molecule has 3 fully saturated rings. The van der Waals surface area contributed by atoms with Crippen LogP contribution in [0.3, 0.4) is 0 Å². The van der Waals surface area contributed by atoms with Crippen LogP contribution in [0.25, 0.3) is 0 Å². The van der Waals surface area contributed by atoms with E-state index < -0.39 is 6.10 Å². The standard InChI is InChI=1S/C42H58ClN5O3/c1-2-33-27-32(28-37(43)41(33)44)29-40(39(49)19-15-30-7-5-10-35(16-12-30)47-24-21-45-22-25-47)51-26-6-8-31-13-17-36(18-14-31)48-23-20-34-9-3-4-11-38(34)46-42(48)50/h1,3-4,9,11,27-28,30-31,35-36,40,45H,5-8,10,12-26,29,44H2,(H,46,50)/t30?,31?,35?,36?,40-/m1/s1. The number of nitrogen functional groups attached to an aromatic ring is 1. The third-order valence-electron chi connectivity index (χ3n) is 12.1. The van der Waals surface area contributed by atoms with Crippen molar-refractivity contribution in [2.45, 2.75) is 114 Å². The summed E-state index contributed by atoms with van der Waals surface area (Å²) in [6.45, 7) is 5.79. The zero-order chi connectivity index (χ0) is 35.6. The van der Waals surface area contributed by atoms with E-state index in [2.05, 4.69) is 32.4 Å². The number of para-hydroxylation sites is 1.